The van der Waals surface area contributed by atoms with Crippen LogP contribution in [-0.4, -0.2) is 49.2 Å². The van der Waals surface area contributed by atoms with E-state index in [9.17, 15) is 4.79 Å². The number of aromatic nitrogens is 1. The Labute approximate surface area is 152 Å². The second kappa shape index (κ2) is 7.00. The normalized spacial score (nSPS) is 14.5. The molecular weight excluding hydrogens is 328 g/mol. The molecule has 4 rings (SSSR count). The highest BCUT2D eigenvalue weighted by Crippen LogP contribution is 2.27. The zero-order valence-corrected chi connectivity index (χ0v) is 14.7. The molecule has 1 aliphatic rings. The third kappa shape index (κ3) is 3.18. The van der Waals surface area contributed by atoms with Gasteiger partial charge in [0.25, 0.3) is 0 Å². The number of nitrogens with zero attached hydrogens (tertiary/aromatic N) is 2. The molecule has 0 bridgehead atoms. The van der Waals surface area contributed by atoms with E-state index < -0.39 is 0 Å². The largest absolute Gasteiger partial charge is 0.497 e. The molecule has 2 heterocycles. The van der Waals surface area contributed by atoms with Crippen molar-refractivity contribution < 1.29 is 9.53 Å². The van der Waals surface area contributed by atoms with Crippen LogP contribution in [0.1, 0.15) is 0 Å². The van der Waals surface area contributed by atoms with Crippen LogP contribution in [0, 0.1) is 0 Å². The number of hydrogen-bond acceptors (Lipinski definition) is 3. The van der Waals surface area contributed by atoms with Crippen LogP contribution in [0.4, 0.5) is 16.2 Å². The molecule has 2 aromatic carbocycles. The summed E-state index contributed by atoms with van der Waals surface area (Å²) in [6, 6.07) is 15.7. The molecule has 1 aromatic heterocycles. The smallest absolute Gasteiger partial charge is 0.321 e. The predicted molar refractivity (Wildman–Crippen MR) is 104 cm³/mol. The molecule has 0 aliphatic carbocycles. The highest BCUT2D eigenvalue weighted by molar-refractivity contribution is 5.93. The maximum Gasteiger partial charge on any atom is 0.321 e. The van der Waals surface area contributed by atoms with Gasteiger partial charge in [0.1, 0.15) is 5.75 Å². The van der Waals surface area contributed by atoms with Crippen LogP contribution >= 0.6 is 0 Å². The van der Waals surface area contributed by atoms with Gasteiger partial charge in [-0.3, -0.25) is 0 Å². The number of piperazine rings is 1. The molecule has 2 amide bonds. The van der Waals surface area contributed by atoms with E-state index in [2.05, 4.69) is 39.5 Å². The van der Waals surface area contributed by atoms with E-state index in [4.69, 9.17) is 4.74 Å². The number of benzene rings is 2. The van der Waals surface area contributed by atoms with Gasteiger partial charge in [-0.05, 0) is 30.3 Å². The summed E-state index contributed by atoms with van der Waals surface area (Å²) in [4.78, 5) is 20.0. The minimum atomic E-state index is -0.0715. The number of amides is 2. The number of nitrogens with one attached hydrogen (secondary N) is 2. The van der Waals surface area contributed by atoms with Gasteiger partial charge in [0.2, 0.25) is 0 Å². The molecule has 0 atom stereocenters. The first kappa shape index (κ1) is 16.3. The number of methoxy groups -OCH3 is 1. The lowest BCUT2D eigenvalue weighted by atomic mass is 10.2. The summed E-state index contributed by atoms with van der Waals surface area (Å²) in [7, 11) is 1.62. The highest BCUT2D eigenvalue weighted by Gasteiger charge is 2.22. The molecule has 1 saturated heterocycles. The third-order valence-corrected chi connectivity index (χ3v) is 4.80. The SMILES string of the molecule is COc1cccc(NC(=O)N2CCN(c3cccc4[nH]ccc34)CC2)c1. The Balaban J connectivity index is 1.40. The van der Waals surface area contributed by atoms with Crippen molar-refractivity contribution in [2.75, 3.05) is 43.5 Å². The van der Waals surface area contributed by atoms with Crippen molar-refractivity contribution in [2.45, 2.75) is 0 Å². The van der Waals surface area contributed by atoms with Crippen LogP contribution in [0.2, 0.25) is 0 Å². The topological polar surface area (TPSA) is 60.6 Å². The number of carbonyl (C=O) groups is 1. The second-order valence-electron chi connectivity index (χ2n) is 6.35. The molecule has 26 heavy (non-hydrogen) atoms. The van der Waals surface area contributed by atoms with Gasteiger partial charge < -0.3 is 24.8 Å². The molecule has 1 aliphatic heterocycles. The Morgan fingerprint density at radius 2 is 1.88 bits per heavy atom. The summed E-state index contributed by atoms with van der Waals surface area (Å²) >= 11 is 0. The zero-order chi connectivity index (χ0) is 17.9. The standard InChI is InChI=1S/C20H22N4O2/c1-26-16-5-2-4-15(14-16)22-20(25)24-12-10-23(11-13-24)19-7-3-6-18-17(19)8-9-21-18/h2-9,14,21H,10-13H2,1H3,(H,22,25). The quantitative estimate of drug-likeness (QED) is 0.760. The minimum Gasteiger partial charge on any atom is -0.497 e. The van der Waals surface area contributed by atoms with Gasteiger partial charge in [0.05, 0.1) is 7.11 Å². The highest BCUT2D eigenvalue weighted by atomic mass is 16.5. The lowest BCUT2D eigenvalue weighted by Crippen LogP contribution is -2.50. The van der Waals surface area contributed by atoms with Gasteiger partial charge >= 0.3 is 6.03 Å². The van der Waals surface area contributed by atoms with E-state index in [0.717, 1.165) is 30.0 Å². The zero-order valence-electron chi connectivity index (χ0n) is 14.7. The molecule has 0 radical (unpaired) electrons. The van der Waals surface area contributed by atoms with E-state index in [0.29, 0.717) is 13.1 Å². The van der Waals surface area contributed by atoms with E-state index in [-0.39, 0.29) is 6.03 Å². The summed E-state index contributed by atoms with van der Waals surface area (Å²) in [6.45, 7) is 3.01. The first-order chi connectivity index (χ1) is 12.7. The molecule has 6 nitrogen and oxygen atoms in total. The van der Waals surface area contributed by atoms with Crippen LogP contribution in [0.25, 0.3) is 10.9 Å². The Hall–Kier alpha value is -3.15. The summed E-state index contributed by atoms with van der Waals surface area (Å²) in [5.74, 6) is 0.729. The minimum absolute atomic E-state index is 0.0715. The maximum absolute atomic E-state index is 12.5. The molecule has 6 heteroatoms. The van der Waals surface area contributed by atoms with Gasteiger partial charge in [-0.15, -0.1) is 0 Å². The molecule has 134 valence electrons. The van der Waals surface area contributed by atoms with E-state index in [1.165, 1.54) is 11.1 Å². The van der Waals surface area contributed by atoms with Crippen molar-refractivity contribution in [2.24, 2.45) is 0 Å². The Kier molecular flexibility index (Phi) is 4.39. The number of H-pyrrole nitrogens is 1. The Bertz CT molecular complexity index is 913. The fourth-order valence-corrected chi connectivity index (χ4v) is 3.40. The fraction of sp³-hybridized carbons (Fsp3) is 0.250. The number of anilines is 2. The third-order valence-electron chi connectivity index (χ3n) is 4.80. The number of urea groups is 1. The molecular formula is C20H22N4O2. The maximum atomic E-state index is 12.5. The van der Waals surface area contributed by atoms with Crippen molar-refractivity contribution >= 4 is 28.3 Å². The summed E-state index contributed by atoms with van der Waals surface area (Å²) in [6.07, 6.45) is 1.96. The van der Waals surface area contributed by atoms with Gasteiger partial charge in [-0.2, -0.15) is 0 Å². The average Bonchev–Trinajstić information content (AvgIpc) is 3.17. The molecule has 0 spiro atoms. The van der Waals surface area contributed by atoms with Crippen molar-refractivity contribution in [3.05, 3.63) is 54.7 Å². The lowest BCUT2D eigenvalue weighted by molar-refractivity contribution is 0.208. The molecule has 1 fully saturated rings. The number of ether oxygens (including phenoxy) is 1. The van der Waals surface area contributed by atoms with E-state index in [1.54, 1.807) is 7.11 Å². The summed E-state index contributed by atoms with van der Waals surface area (Å²) in [5.41, 5.74) is 3.10. The molecule has 2 N–H and O–H groups in total. The molecule has 3 aromatic rings. The van der Waals surface area contributed by atoms with Crippen LogP contribution < -0.4 is 15.0 Å². The van der Waals surface area contributed by atoms with Gasteiger partial charge in [-0.1, -0.05) is 12.1 Å². The van der Waals surface area contributed by atoms with Crippen molar-refractivity contribution in [3.8, 4) is 5.75 Å². The fourth-order valence-electron chi connectivity index (χ4n) is 3.40. The van der Waals surface area contributed by atoms with Crippen LogP contribution in [0.15, 0.2) is 54.7 Å². The molecule has 0 unspecified atom stereocenters. The second-order valence-corrected chi connectivity index (χ2v) is 6.35. The van der Waals surface area contributed by atoms with Gasteiger partial charge in [0.15, 0.2) is 0 Å². The number of hydrogen-bond donors (Lipinski definition) is 2. The average molecular weight is 350 g/mol. The Morgan fingerprint density at radius 1 is 1.08 bits per heavy atom. The number of fused-ring (bicyclic) bond motifs is 1. The summed E-state index contributed by atoms with van der Waals surface area (Å²) in [5, 5.41) is 4.17. The Morgan fingerprint density at radius 3 is 2.69 bits per heavy atom. The van der Waals surface area contributed by atoms with Gasteiger partial charge in [0, 0.05) is 60.7 Å². The van der Waals surface area contributed by atoms with Gasteiger partial charge in [-0.25, -0.2) is 4.79 Å². The van der Waals surface area contributed by atoms with E-state index >= 15 is 0 Å². The van der Waals surface area contributed by atoms with Crippen LogP contribution in [0.3, 0.4) is 0 Å². The lowest BCUT2D eigenvalue weighted by Gasteiger charge is -2.36. The van der Waals surface area contributed by atoms with Crippen LogP contribution in [0.5, 0.6) is 5.75 Å². The number of aromatic amines is 1. The van der Waals surface area contributed by atoms with Crippen LogP contribution in [-0.2, 0) is 0 Å². The van der Waals surface area contributed by atoms with Crippen molar-refractivity contribution in [1.29, 1.82) is 0 Å². The molecule has 0 saturated carbocycles. The number of rotatable bonds is 3. The van der Waals surface area contributed by atoms with E-state index in [1.807, 2.05) is 35.4 Å². The monoisotopic (exact) mass is 350 g/mol. The summed E-state index contributed by atoms with van der Waals surface area (Å²) < 4.78 is 5.20. The van der Waals surface area contributed by atoms with Crippen molar-refractivity contribution in [3.63, 3.8) is 0 Å². The van der Waals surface area contributed by atoms with Crippen molar-refractivity contribution in [1.82, 2.24) is 9.88 Å². The first-order valence-corrected chi connectivity index (χ1v) is 8.75. The first-order valence-electron chi connectivity index (χ1n) is 8.75. The predicted octanol–water partition coefficient (Wildman–Crippen LogP) is 3.53. The number of carbonyl (C=O) groups excluding carboxylic acids is 1.